The van der Waals surface area contributed by atoms with Crippen molar-refractivity contribution in [2.45, 2.75) is 20.0 Å². The molecule has 4 aromatic rings. The van der Waals surface area contributed by atoms with Crippen molar-refractivity contribution in [2.24, 2.45) is 7.05 Å². The Morgan fingerprint density at radius 1 is 1.21 bits per heavy atom. The fourth-order valence-electron chi connectivity index (χ4n) is 3.06. The number of carbonyl (C=O) groups excluding carboxylic acids is 1. The van der Waals surface area contributed by atoms with Crippen LogP contribution in [0.1, 0.15) is 11.3 Å². The predicted octanol–water partition coefficient (Wildman–Crippen LogP) is 2.48. The summed E-state index contributed by atoms with van der Waals surface area (Å²) in [6.07, 6.45) is 7.12. The normalized spacial score (nSPS) is 10.9. The maximum atomic E-state index is 12.5. The van der Waals surface area contributed by atoms with E-state index in [1.165, 1.54) is 0 Å². The number of aromatic nitrogens is 6. The van der Waals surface area contributed by atoms with E-state index in [-0.39, 0.29) is 12.5 Å². The molecule has 0 atom stereocenters. The monoisotopic (exact) mass is 375 g/mol. The van der Waals surface area contributed by atoms with Crippen molar-refractivity contribution in [3.63, 3.8) is 0 Å². The molecule has 8 nitrogen and oxygen atoms in total. The molecule has 8 heteroatoms. The van der Waals surface area contributed by atoms with E-state index < -0.39 is 0 Å². The van der Waals surface area contributed by atoms with Crippen LogP contribution in [0.15, 0.2) is 61.2 Å². The zero-order valence-corrected chi connectivity index (χ0v) is 15.8. The maximum absolute atomic E-state index is 12.5. The first-order valence-corrected chi connectivity index (χ1v) is 8.97. The van der Waals surface area contributed by atoms with Gasteiger partial charge in [0.2, 0.25) is 5.91 Å². The molecular weight excluding hydrogens is 354 g/mol. The molecule has 0 aliphatic rings. The highest BCUT2D eigenvalue weighted by Crippen LogP contribution is 2.16. The second kappa shape index (κ2) is 7.51. The van der Waals surface area contributed by atoms with Crippen LogP contribution in [0.5, 0.6) is 0 Å². The summed E-state index contributed by atoms with van der Waals surface area (Å²) in [5.74, 6) is 1.31. The molecule has 3 heterocycles. The van der Waals surface area contributed by atoms with Gasteiger partial charge in [0.25, 0.3) is 0 Å². The third-order valence-electron chi connectivity index (χ3n) is 4.36. The molecule has 0 unspecified atom stereocenters. The van der Waals surface area contributed by atoms with Gasteiger partial charge in [-0.1, -0.05) is 30.3 Å². The van der Waals surface area contributed by atoms with Gasteiger partial charge in [0.1, 0.15) is 18.2 Å². The van der Waals surface area contributed by atoms with E-state index in [1.54, 1.807) is 21.8 Å². The van der Waals surface area contributed by atoms with E-state index in [1.807, 2.05) is 67.3 Å². The van der Waals surface area contributed by atoms with E-state index in [9.17, 15) is 4.79 Å². The molecule has 3 aromatic heterocycles. The smallest absolute Gasteiger partial charge is 0.247 e. The van der Waals surface area contributed by atoms with Gasteiger partial charge in [-0.15, -0.1) is 0 Å². The van der Waals surface area contributed by atoms with E-state index in [0.717, 1.165) is 22.6 Å². The summed E-state index contributed by atoms with van der Waals surface area (Å²) >= 11 is 0. The predicted molar refractivity (Wildman–Crippen MR) is 106 cm³/mol. The lowest BCUT2D eigenvalue weighted by Crippen LogP contribution is -2.21. The van der Waals surface area contributed by atoms with Crippen LogP contribution < -0.4 is 5.32 Å². The van der Waals surface area contributed by atoms with Crippen LogP contribution >= 0.6 is 0 Å². The number of nitrogens with one attached hydrogen (secondary N) is 1. The van der Waals surface area contributed by atoms with E-state index in [4.69, 9.17) is 0 Å². The fraction of sp³-hybridized carbons (Fsp3) is 0.200. The highest BCUT2D eigenvalue weighted by Gasteiger charge is 2.12. The molecule has 4 rings (SSSR count). The first-order valence-electron chi connectivity index (χ1n) is 8.97. The Labute approximate surface area is 162 Å². The van der Waals surface area contributed by atoms with Crippen molar-refractivity contribution in [1.29, 1.82) is 0 Å². The van der Waals surface area contributed by atoms with Gasteiger partial charge in [-0.05, 0) is 12.5 Å². The van der Waals surface area contributed by atoms with Crippen molar-refractivity contribution in [2.75, 3.05) is 5.32 Å². The Bertz CT molecular complexity index is 1090. The molecule has 0 aliphatic heterocycles. The quantitative estimate of drug-likeness (QED) is 0.561. The third-order valence-corrected chi connectivity index (χ3v) is 4.36. The van der Waals surface area contributed by atoms with E-state index >= 15 is 0 Å². The zero-order chi connectivity index (χ0) is 19.5. The van der Waals surface area contributed by atoms with Gasteiger partial charge in [0.15, 0.2) is 0 Å². The van der Waals surface area contributed by atoms with E-state index in [0.29, 0.717) is 12.4 Å². The minimum atomic E-state index is -0.163. The standard InChI is InChI=1S/C20H21N7O/c1-15-10-18(27(24-15)12-16-6-4-3-5-7-16)23-19(28)14-26-13-17(11-22-26)20-21-8-9-25(20)2/h3-11,13H,12,14H2,1-2H3,(H,23,28). The van der Waals surface area contributed by atoms with Crippen molar-refractivity contribution >= 4 is 11.7 Å². The lowest BCUT2D eigenvalue weighted by atomic mass is 10.2. The number of nitrogens with zero attached hydrogens (tertiary/aromatic N) is 6. The second-order valence-corrected chi connectivity index (χ2v) is 6.65. The summed E-state index contributed by atoms with van der Waals surface area (Å²) in [5.41, 5.74) is 2.83. The van der Waals surface area contributed by atoms with Gasteiger partial charge in [0.05, 0.1) is 24.0 Å². The highest BCUT2D eigenvalue weighted by atomic mass is 16.2. The van der Waals surface area contributed by atoms with Crippen LogP contribution in [0.4, 0.5) is 5.82 Å². The van der Waals surface area contributed by atoms with Gasteiger partial charge in [0, 0.05) is 31.7 Å². The molecule has 0 aliphatic carbocycles. The molecule has 0 saturated heterocycles. The average Bonchev–Trinajstić information content (AvgIpc) is 3.37. The number of anilines is 1. The first kappa shape index (κ1) is 17.7. The van der Waals surface area contributed by atoms with Crippen LogP contribution in [0.3, 0.4) is 0 Å². The van der Waals surface area contributed by atoms with Crippen LogP contribution in [-0.4, -0.2) is 35.0 Å². The van der Waals surface area contributed by atoms with Crippen molar-refractivity contribution in [3.8, 4) is 11.4 Å². The molecule has 28 heavy (non-hydrogen) atoms. The maximum Gasteiger partial charge on any atom is 0.247 e. The van der Waals surface area contributed by atoms with Gasteiger partial charge in [-0.3, -0.25) is 9.48 Å². The third kappa shape index (κ3) is 3.85. The Morgan fingerprint density at radius 3 is 2.79 bits per heavy atom. The van der Waals surface area contributed by atoms with Crippen molar-refractivity contribution < 1.29 is 4.79 Å². The molecule has 1 aromatic carbocycles. The number of hydrogen-bond acceptors (Lipinski definition) is 4. The van der Waals surface area contributed by atoms with Crippen molar-refractivity contribution in [3.05, 3.63) is 72.4 Å². The molecule has 0 spiro atoms. The van der Waals surface area contributed by atoms with Crippen LogP contribution in [0.2, 0.25) is 0 Å². The SMILES string of the molecule is Cc1cc(NC(=O)Cn2cc(-c3nccn3C)cn2)n(Cc2ccccc2)n1. The first-order chi connectivity index (χ1) is 13.6. The summed E-state index contributed by atoms with van der Waals surface area (Å²) in [6, 6.07) is 11.9. The van der Waals surface area contributed by atoms with Crippen LogP contribution in [-0.2, 0) is 24.9 Å². The van der Waals surface area contributed by atoms with Crippen molar-refractivity contribution in [1.82, 2.24) is 29.1 Å². The molecule has 0 bridgehead atoms. The lowest BCUT2D eigenvalue weighted by molar-refractivity contribution is -0.116. The molecule has 1 amide bonds. The second-order valence-electron chi connectivity index (χ2n) is 6.65. The topological polar surface area (TPSA) is 82.6 Å². The minimum Gasteiger partial charge on any atom is -0.334 e. The number of rotatable bonds is 6. The van der Waals surface area contributed by atoms with Gasteiger partial charge >= 0.3 is 0 Å². The average molecular weight is 375 g/mol. The van der Waals surface area contributed by atoms with Gasteiger partial charge in [-0.2, -0.15) is 10.2 Å². The summed E-state index contributed by atoms with van der Waals surface area (Å²) in [6.45, 7) is 2.61. The summed E-state index contributed by atoms with van der Waals surface area (Å²) < 4.78 is 5.31. The Morgan fingerprint density at radius 2 is 2.04 bits per heavy atom. The molecular formula is C20H21N7O. The minimum absolute atomic E-state index is 0.111. The summed E-state index contributed by atoms with van der Waals surface area (Å²) in [7, 11) is 1.92. The summed E-state index contributed by atoms with van der Waals surface area (Å²) in [4.78, 5) is 16.8. The number of amides is 1. The molecule has 0 saturated carbocycles. The fourth-order valence-corrected chi connectivity index (χ4v) is 3.06. The number of imidazole rings is 1. The zero-order valence-electron chi connectivity index (χ0n) is 15.8. The Balaban J connectivity index is 1.45. The van der Waals surface area contributed by atoms with Crippen LogP contribution in [0.25, 0.3) is 11.4 Å². The number of hydrogen-bond donors (Lipinski definition) is 1. The summed E-state index contributed by atoms with van der Waals surface area (Å²) in [5, 5.41) is 11.7. The van der Waals surface area contributed by atoms with Gasteiger partial charge in [-0.25, -0.2) is 9.67 Å². The molecule has 0 radical (unpaired) electrons. The molecule has 142 valence electrons. The Hall–Kier alpha value is -3.68. The number of carbonyl (C=O) groups is 1. The van der Waals surface area contributed by atoms with Gasteiger partial charge < -0.3 is 9.88 Å². The number of benzene rings is 1. The number of aryl methyl sites for hydroxylation is 2. The molecule has 0 fully saturated rings. The Kier molecular flexibility index (Phi) is 4.76. The van der Waals surface area contributed by atoms with Crippen LogP contribution in [0, 0.1) is 6.92 Å². The molecule has 1 N–H and O–H groups in total. The highest BCUT2D eigenvalue weighted by molar-refractivity contribution is 5.89. The largest absolute Gasteiger partial charge is 0.334 e. The lowest BCUT2D eigenvalue weighted by Gasteiger charge is -2.09. The van der Waals surface area contributed by atoms with E-state index in [2.05, 4.69) is 20.5 Å².